The van der Waals surface area contributed by atoms with E-state index in [-0.39, 0.29) is 34.8 Å². The molecule has 300 valence electrons. The van der Waals surface area contributed by atoms with Gasteiger partial charge in [-0.15, -0.1) is 0 Å². The molecular formula is C46H59ClN2O6Si. The molecule has 0 fully saturated rings. The van der Waals surface area contributed by atoms with Gasteiger partial charge in [-0.25, -0.2) is 4.79 Å². The van der Waals surface area contributed by atoms with E-state index in [2.05, 4.69) is 91.8 Å². The summed E-state index contributed by atoms with van der Waals surface area (Å²) in [6.07, 6.45) is 13.7. The van der Waals surface area contributed by atoms with Gasteiger partial charge in [-0.2, -0.15) is 0 Å². The molecule has 10 heteroatoms. The SMILES string of the molecule is COC1=CCC([C@H](C)/C=C(C)/C=C/C#CC(=O)NC(C(=O)N/C=C/C[C@@H](C/C=C(/C)Cl)O[Si](c2ccccc2)(c2ccccc2)C(C)(C)C)C(C)(C)C)OC1=O. The minimum Gasteiger partial charge on any atom is -0.490 e. The Bertz CT molecular complexity index is 1820. The number of ether oxygens (including phenoxy) is 2. The molecule has 4 atom stereocenters. The number of benzene rings is 2. The lowest BCUT2D eigenvalue weighted by atomic mass is 9.86. The number of amides is 2. The van der Waals surface area contributed by atoms with E-state index in [0.717, 1.165) is 5.57 Å². The number of methoxy groups -OCH3 is 1. The molecule has 1 aliphatic heterocycles. The highest BCUT2D eigenvalue weighted by atomic mass is 35.5. The Hall–Kier alpha value is -4.62. The van der Waals surface area contributed by atoms with Gasteiger partial charge in [-0.1, -0.05) is 157 Å². The summed E-state index contributed by atoms with van der Waals surface area (Å²) in [7, 11) is -1.41. The summed E-state index contributed by atoms with van der Waals surface area (Å²) in [5.74, 6) is 4.11. The fourth-order valence-electron chi connectivity index (χ4n) is 6.61. The summed E-state index contributed by atoms with van der Waals surface area (Å²) in [6, 6.07) is 20.1. The van der Waals surface area contributed by atoms with Gasteiger partial charge < -0.3 is 24.5 Å². The van der Waals surface area contributed by atoms with Crippen LogP contribution in [-0.4, -0.2) is 51.5 Å². The molecule has 0 bridgehead atoms. The molecule has 8 nitrogen and oxygen atoms in total. The van der Waals surface area contributed by atoms with Gasteiger partial charge in [0.25, 0.3) is 14.2 Å². The third-order valence-corrected chi connectivity index (χ3v) is 14.8. The zero-order valence-corrected chi connectivity index (χ0v) is 36.3. The maximum absolute atomic E-state index is 13.5. The Kier molecular flexibility index (Phi) is 17.2. The highest BCUT2D eigenvalue weighted by molar-refractivity contribution is 6.99. The number of esters is 1. The summed E-state index contributed by atoms with van der Waals surface area (Å²) >= 11 is 6.32. The molecule has 0 saturated carbocycles. The van der Waals surface area contributed by atoms with Crippen LogP contribution in [0.4, 0.5) is 0 Å². The van der Waals surface area contributed by atoms with Crippen LogP contribution < -0.4 is 21.0 Å². The van der Waals surface area contributed by atoms with Crippen LogP contribution in [-0.2, 0) is 28.3 Å². The van der Waals surface area contributed by atoms with E-state index in [9.17, 15) is 14.4 Å². The quantitative estimate of drug-likeness (QED) is 0.0820. The molecule has 2 aromatic rings. The van der Waals surface area contributed by atoms with Crippen molar-refractivity contribution in [2.45, 2.75) is 105 Å². The van der Waals surface area contributed by atoms with E-state index in [0.29, 0.717) is 24.3 Å². The van der Waals surface area contributed by atoms with E-state index >= 15 is 0 Å². The first-order valence-electron chi connectivity index (χ1n) is 19.1. The largest absolute Gasteiger partial charge is 0.490 e. The van der Waals surface area contributed by atoms with Crippen LogP contribution in [0.3, 0.4) is 0 Å². The van der Waals surface area contributed by atoms with Gasteiger partial charge in [0.1, 0.15) is 12.1 Å². The maximum atomic E-state index is 13.5. The zero-order valence-electron chi connectivity index (χ0n) is 34.6. The Morgan fingerprint density at radius 1 is 1.00 bits per heavy atom. The van der Waals surface area contributed by atoms with Crippen molar-refractivity contribution in [3.05, 3.63) is 120 Å². The Labute approximate surface area is 340 Å². The number of halogens is 1. The van der Waals surface area contributed by atoms with E-state index < -0.39 is 31.7 Å². The first-order valence-corrected chi connectivity index (χ1v) is 21.4. The van der Waals surface area contributed by atoms with E-state index in [1.54, 1.807) is 24.4 Å². The summed E-state index contributed by atoms with van der Waals surface area (Å²) < 4.78 is 17.9. The highest BCUT2D eigenvalue weighted by Crippen LogP contribution is 2.38. The smallest absolute Gasteiger partial charge is 0.373 e. The van der Waals surface area contributed by atoms with Crippen molar-refractivity contribution in [2.24, 2.45) is 11.3 Å². The minimum atomic E-state index is -2.85. The molecule has 2 unspecified atom stereocenters. The average molecular weight is 800 g/mol. The summed E-state index contributed by atoms with van der Waals surface area (Å²) in [4.78, 5) is 38.4. The lowest BCUT2D eigenvalue weighted by Gasteiger charge is -2.45. The summed E-state index contributed by atoms with van der Waals surface area (Å²) in [5.41, 5.74) is 0.302. The molecule has 2 aromatic carbocycles. The van der Waals surface area contributed by atoms with E-state index in [1.807, 2.05) is 71.9 Å². The highest BCUT2D eigenvalue weighted by Gasteiger charge is 2.51. The molecule has 1 heterocycles. The van der Waals surface area contributed by atoms with Crippen molar-refractivity contribution in [1.29, 1.82) is 0 Å². The second-order valence-electron chi connectivity index (χ2n) is 16.2. The molecular weight excluding hydrogens is 740 g/mol. The Balaban J connectivity index is 1.71. The van der Waals surface area contributed by atoms with Crippen molar-refractivity contribution >= 4 is 48.1 Å². The van der Waals surface area contributed by atoms with Gasteiger partial charge in [-0.05, 0) is 71.8 Å². The summed E-state index contributed by atoms with van der Waals surface area (Å²) in [6.45, 7) is 18.1. The van der Waals surface area contributed by atoms with Crippen LogP contribution in [0.1, 0.15) is 81.6 Å². The number of allylic oxidation sites excluding steroid dienone is 4. The van der Waals surface area contributed by atoms with Gasteiger partial charge >= 0.3 is 5.97 Å². The zero-order chi connectivity index (χ0) is 41.5. The molecule has 0 aromatic heterocycles. The molecule has 0 spiro atoms. The lowest BCUT2D eigenvalue weighted by molar-refractivity contribution is -0.151. The number of rotatable bonds is 15. The number of cyclic esters (lactones) is 1. The predicted molar refractivity (Wildman–Crippen MR) is 229 cm³/mol. The fraction of sp³-hybridized carbons (Fsp3) is 0.413. The monoisotopic (exact) mass is 798 g/mol. The second kappa shape index (κ2) is 21.1. The number of nitrogens with one attached hydrogen (secondary N) is 2. The minimum absolute atomic E-state index is 0.0396. The Morgan fingerprint density at radius 3 is 2.12 bits per heavy atom. The number of hydrogen-bond donors (Lipinski definition) is 2. The molecule has 0 saturated heterocycles. The van der Waals surface area contributed by atoms with Crippen molar-refractivity contribution < 1.29 is 28.3 Å². The van der Waals surface area contributed by atoms with Crippen LogP contribution in [0.15, 0.2) is 120 Å². The van der Waals surface area contributed by atoms with E-state index in [1.165, 1.54) is 17.5 Å². The van der Waals surface area contributed by atoms with Crippen molar-refractivity contribution in [1.82, 2.24) is 10.6 Å². The molecule has 0 radical (unpaired) electrons. The fourth-order valence-corrected chi connectivity index (χ4v) is 11.4. The third kappa shape index (κ3) is 13.3. The van der Waals surface area contributed by atoms with Crippen LogP contribution in [0, 0.1) is 23.2 Å². The van der Waals surface area contributed by atoms with Crippen LogP contribution in [0.2, 0.25) is 5.04 Å². The van der Waals surface area contributed by atoms with Gasteiger partial charge in [-0.3, -0.25) is 9.59 Å². The van der Waals surface area contributed by atoms with Crippen molar-refractivity contribution in [2.75, 3.05) is 7.11 Å². The third-order valence-electron chi connectivity index (χ3n) is 9.51. The van der Waals surface area contributed by atoms with Crippen LogP contribution >= 0.6 is 11.6 Å². The van der Waals surface area contributed by atoms with Gasteiger partial charge in [0.05, 0.1) is 13.2 Å². The summed E-state index contributed by atoms with van der Waals surface area (Å²) in [5, 5.41) is 8.50. The molecule has 0 aliphatic carbocycles. The lowest BCUT2D eigenvalue weighted by Crippen LogP contribution is -2.67. The Morgan fingerprint density at radius 2 is 1.61 bits per heavy atom. The normalized spacial score (nSPS) is 17.3. The maximum Gasteiger partial charge on any atom is 0.373 e. The molecule has 2 amide bonds. The van der Waals surface area contributed by atoms with Crippen molar-refractivity contribution in [3.63, 3.8) is 0 Å². The first kappa shape index (κ1) is 45.8. The van der Waals surface area contributed by atoms with Gasteiger partial charge in [0.2, 0.25) is 5.91 Å². The topological polar surface area (TPSA) is 103 Å². The van der Waals surface area contributed by atoms with Crippen molar-refractivity contribution in [3.8, 4) is 11.8 Å². The second-order valence-corrected chi connectivity index (χ2v) is 21.0. The number of carbonyl (C=O) groups is 3. The molecule has 56 heavy (non-hydrogen) atoms. The van der Waals surface area contributed by atoms with Crippen LogP contribution in [0.25, 0.3) is 0 Å². The first-order chi connectivity index (χ1) is 26.4. The molecule has 3 rings (SSSR count). The molecule has 2 N–H and O–H groups in total. The number of carbonyl (C=O) groups excluding carboxylic acids is 3. The van der Waals surface area contributed by atoms with Gasteiger partial charge in [0.15, 0.2) is 5.76 Å². The van der Waals surface area contributed by atoms with Gasteiger partial charge in [0, 0.05) is 17.4 Å². The standard InChI is InChI=1S/C46H59ClN2O6Si/c1-33(32-34(2)39-29-30-40(53-10)44(52)54-39)20-17-18-26-41(50)49-42(45(4,5)6)43(51)48-31-19-21-36(28-27-35(3)47)55-56(46(7,8)9,37-22-13-11-14-23-37)38-24-15-12-16-25-38/h11-17,19-20,22-25,27,30-32,34,36,39,42H,21,28-29H2,1-10H3,(H,48,51)(H,49,50)/b20-17+,31-19+,33-32+,35-27-/t34-,36+,39?,42?/m1/s1. The average Bonchev–Trinajstić information content (AvgIpc) is 3.14. The van der Waals surface area contributed by atoms with Crippen LogP contribution in [0.5, 0.6) is 0 Å². The predicted octanol–water partition coefficient (Wildman–Crippen LogP) is 8.00. The van der Waals surface area contributed by atoms with E-state index in [4.69, 9.17) is 25.5 Å². The number of hydrogen-bond acceptors (Lipinski definition) is 6. The molecule has 1 aliphatic rings.